The van der Waals surface area contributed by atoms with Gasteiger partial charge in [0.25, 0.3) is 0 Å². The van der Waals surface area contributed by atoms with E-state index in [9.17, 15) is 0 Å². The number of hydrogen-bond acceptors (Lipinski definition) is 2. The smallest absolute Gasteiger partial charge is 0.0402 e. The molecule has 0 radical (unpaired) electrons. The van der Waals surface area contributed by atoms with E-state index in [0.717, 1.165) is 16.7 Å². The van der Waals surface area contributed by atoms with Gasteiger partial charge in [-0.1, -0.05) is 22.0 Å². The number of benzene rings is 1. The van der Waals surface area contributed by atoms with Crippen LogP contribution in [0.2, 0.25) is 0 Å². The van der Waals surface area contributed by atoms with Crippen molar-refractivity contribution < 1.29 is 0 Å². The molecule has 2 rings (SSSR count). The van der Waals surface area contributed by atoms with Gasteiger partial charge in [0.1, 0.15) is 0 Å². The standard InChI is InChI=1S/C13H13BrN2/c1-10-12(14)3-2-4-13(10)16-9-11-5-7-15-8-6-11/h2-8,16H,9H2,1H3. The van der Waals surface area contributed by atoms with Gasteiger partial charge in [0.2, 0.25) is 0 Å². The fourth-order valence-electron chi connectivity index (χ4n) is 1.50. The summed E-state index contributed by atoms with van der Waals surface area (Å²) in [5.41, 5.74) is 3.62. The van der Waals surface area contributed by atoms with Gasteiger partial charge in [-0.05, 0) is 42.3 Å². The Bertz CT molecular complexity index is 469. The number of aromatic nitrogens is 1. The van der Waals surface area contributed by atoms with Crippen molar-refractivity contribution in [3.8, 4) is 0 Å². The second-order valence-corrected chi connectivity index (χ2v) is 4.48. The molecule has 0 aliphatic rings. The van der Waals surface area contributed by atoms with Crippen LogP contribution in [0.15, 0.2) is 47.2 Å². The Morgan fingerprint density at radius 3 is 2.69 bits per heavy atom. The highest BCUT2D eigenvalue weighted by atomic mass is 79.9. The number of hydrogen-bond donors (Lipinski definition) is 1. The van der Waals surface area contributed by atoms with Crippen LogP contribution in [0.1, 0.15) is 11.1 Å². The Hall–Kier alpha value is -1.35. The summed E-state index contributed by atoms with van der Waals surface area (Å²) in [6.45, 7) is 2.92. The molecule has 1 heterocycles. The Labute approximate surface area is 104 Å². The number of pyridine rings is 1. The molecule has 3 heteroatoms. The highest BCUT2D eigenvalue weighted by Crippen LogP contribution is 2.23. The minimum Gasteiger partial charge on any atom is -0.381 e. The minimum atomic E-state index is 0.819. The minimum absolute atomic E-state index is 0.819. The topological polar surface area (TPSA) is 24.9 Å². The maximum atomic E-state index is 4.00. The summed E-state index contributed by atoms with van der Waals surface area (Å²) in [5.74, 6) is 0. The van der Waals surface area contributed by atoms with Crippen LogP contribution in [-0.4, -0.2) is 4.98 Å². The summed E-state index contributed by atoms with van der Waals surface area (Å²) < 4.78 is 1.13. The Balaban J connectivity index is 2.08. The second-order valence-electron chi connectivity index (χ2n) is 3.62. The molecule has 16 heavy (non-hydrogen) atoms. The number of rotatable bonds is 3. The van der Waals surface area contributed by atoms with Gasteiger partial charge >= 0.3 is 0 Å². The van der Waals surface area contributed by atoms with Crippen LogP contribution in [0.3, 0.4) is 0 Å². The van der Waals surface area contributed by atoms with Crippen molar-refractivity contribution in [1.29, 1.82) is 0 Å². The summed E-state index contributed by atoms with van der Waals surface area (Å²) in [6, 6.07) is 10.2. The van der Waals surface area contributed by atoms with Gasteiger partial charge in [0.15, 0.2) is 0 Å². The predicted octanol–water partition coefficient (Wildman–Crippen LogP) is 3.76. The van der Waals surface area contributed by atoms with E-state index in [4.69, 9.17) is 0 Å². The van der Waals surface area contributed by atoms with Gasteiger partial charge in [0.05, 0.1) is 0 Å². The molecule has 0 unspecified atom stereocenters. The molecule has 0 aliphatic carbocycles. The number of nitrogens with zero attached hydrogens (tertiary/aromatic N) is 1. The Kier molecular flexibility index (Phi) is 3.57. The first-order valence-electron chi connectivity index (χ1n) is 5.15. The number of anilines is 1. The van der Waals surface area contributed by atoms with Crippen LogP contribution in [0.4, 0.5) is 5.69 Å². The number of nitrogens with one attached hydrogen (secondary N) is 1. The molecule has 0 spiro atoms. The lowest BCUT2D eigenvalue weighted by Crippen LogP contribution is -2.01. The molecular formula is C13H13BrN2. The third-order valence-electron chi connectivity index (χ3n) is 2.50. The van der Waals surface area contributed by atoms with Crippen LogP contribution in [0.5, 0.6) is 0 Å². The van der Waals surface area contributed by atoms with E-state index in [0.29, 0.717) is 0 Å². The zero-order valence-corrected chi connectivity index (χ0v) is 10.7. The van der Waals surface area contributed by atoms with Crippen molar-refractivity contribution in [3.05, 3.63) is 58.3 Å². The summed E-state index contributed by atoms with van der Waals surface area (Å²) in [6.07, 6.45) is 3.62. The lowest BCUT2D eigenvalue weighted by Gasteiger charge is -2.10. The molecule has 0 saturated carbocycles. The van der Waals surface area contributed by atoms with Crippen LogP contribution in [-0.2, 0) is 6.54 Å². The average Bonchev–Trinajstić information content (AvgIpc) is 2.32. The van der Waals surface area contributed by atoms with Gasteiger partial charge in [-0.2, -0.15) is 0 Å². The Morgan fingerprint density at radius 1 is 1.19 bits per heavy atom. The molecule has 1 N–H and O–H groups in total. The zero-order valence-electron chi connectivity index (χ0n) is 9.07. The molecule has 0 amide bonds. The van der Waals surface area contributed by atoms with Crippen molar-refractivity contribution in [2.45, 2.75) is 13.5 Å². The highest BCUT2D eigenvalue weighted by molar-refractivity contribution is 9.10. The van der Waals surface area contributed by atoms with Crippen molar-refractivity contribution in [1.82, 2.24) is 4.98 Å². The van der Waals surface area contributed by atoms with E-state index in [1.165, 1.54) is 11.1 Å². The van der Waals surface area contributed by atoms with E-state index < -0.39 is 0 Å². The van der Waals surface area contributed by atoms with Gasteiger partial charge < -0.3 is 5.32 Å². The summed E-state index contributed by atoms with van der Waals surface area (Å²) >= 11 is 3.52. The molecule has 1 aromatic heterocycles. The summed E-state index contributed by atoms with van der Waals surface area (Å²) in [4.78, 5) is 4.00. The molecule has 2 aromatic rings. The maximum absolute atomic E-state index is 4.00. The quantitative estimate of drug-likeness (QED) is 0.923. The third-order valence-corrected chi connectivity index (χ3v) is 3.36. The normalized spacial score (nSPS) is 10.1. The molecule has 0 fully saturated rings. The fourth-order valence-corrected chi connectivity index (χ4v) is 1.86. The third kappa shape index (κ3) is 2.61. The van der Waals surface area contributed by atoms with Gasteiger partial charge in [-0.15, -0.1) is 0 Å². The van der Waals surface area contributed by atoms with Crippen LogP contribution >= 0.6 is 15.9 Å². The molecule has 0 atom stereocenters. The molecule has 2 nitrogen and oxygen atoms in total. The molecular weight excluding hydrogens is 264 g/mol. The van der Waals surface area contributed by atoms with Crippen molar-refractivity contribution in [2.24, 2.45) is 0 Å². The van der Waals surface area contributed by atoms with Crippen LogP contribution < -0.4 is 5.32 Å². The predicted molar refractivity (Wildman–Crippen MR) is 70.4 cm³/mol. The fraction of sp³-hybridized carbons (Fsp3) is 0.154. The van der Waals surface area contributed by atoms with E-state index in [1.54, 1.807) is 0 Å². The Morgan fingerprint density at radius 2 is 1.94 bits per heavy atom. The molecule has 0 bridgehead atoms. The van der Waals surface area contributed by atoms with E-state index in [-0.39, 0.29) is 0 Å². The zero-order chi connectivity index (χ0) is 11.4. The summed E-state index contributed by atoms with van der Waals surface area (Å²) in [5, 5.41) is 3.41. The van der Waals surface area contributed by atoms with E-state index >= 15 is 0 Å². The lowest BCUT2D eigenvalue weighted by molar-refractivity contribution is 1.12. The molecule has 0 saturated heterocycles. The first kappa shape index (κ1) is 11.1. The maximum Gasteiger partial charge on any atom is 0.0402 e. The monoisotopic (exact) mass is 276 g/mol. The van der Waals surface area contributed by atoms with Crippen molar-refractivity contribution in [2.75, 3.05) is 5.32 Å². The van der Waals surface area contributed by atoms with Crippen molar-refractivity contribution in [3.63, 3.8) is 0 Å². The second kappa shape index (κ2) is 5.12. The van der Waals surface area contributed by atoms with Gasteiger partial charge in [-0.25, -0.2) is 0 Å². The molecule has 82 valence electrons. The SMILES string of the molecule is Cc1c(Br)cccc1NCc1ccncc1. The van der Waals surface area contributed by atoms with Crippen molar-refractivity contribution >= 4 is 21.6 Å². The lowest BCUT2D eigenvalue weighted by atomic mass is 10.2. The van der Waals surface area contributed by atoms with Crippen LogP contribution in [0.25, 0.3) is 0 Å². The largest absolute Gasteiger partial charge is 0.381 e. The average molecular weight is 277 g/mol. The number of halogens is 1. The van der Waals surface area contributed by atoms with E-state index in [1.807, 2.05) is 36.7 Å². The first-order chi connectivity index (χ1) is 7.77. The van der Waals surface area contributed by atoms with Gasteiger partial charge in [0, 0.05) is 29.1 Å². The van der Waals surface area contributed by atoms with E-state index in [2.05, 4.69) is 39.2 Å². The molecule has 0 aliphatic heterocycles. The van der Waals surface area contributed by atoms with Gasteiger partial charge in [-0.3, -0.25) is 4.98 Å². The highest BCUT2D eigenvalue weighted by Gasteiger charge is 2.00. The van der Waals surface area contributed by atoms with Crippen LogP contribution in [0, 0.1) is 6.92 Å². The first-order valence-corrected chi connectivity index (χ1v) is 5.94. The molecule has 1 aromatic carbocycles. The summed E-state index contributed by atoms with van der Waals surface area (Å²) in [7, 11) is 0.